The highest BCUT2D eigenvalue weighted by atomic mass is 16.3. The van der Waals surface area contributed by atoms with Gasteiger partial charge in [0.15, 0.2) is 0 Å². The molecule has 0 aliphatic carbocycles. The van der Waals surface area contributed by atoms with Crippen LogP contribution in [-0.4, -0.2) is 28.9 Å². The molecule has 1 fully saturated rings. The Hall–Kier alpha value is -2.89. The summed E-state index contributed by atoms with van der Waals surface area (Å²) in [6.45, 7) is 0. The normalized spacial score (nSPS) is 20.6. The SMILES string of the molecule is O=C1CCC(N2C(=O)c3c(O)ccc4cccc2c34)C(=O)N1. The smallest absolute Gasteiger partial charge is 0.263 e. The first-order valence-electron chi connectivity index (χ1n) is 7.00. The maximum atomic E-state index is 12.7. The number of hydrogen-bond acceptors (Lipinski definition) is 4. The topological polar surface area (TPSA) is 86.7 Å². The molecule has 2 aliphatic heterocycles. The number of piperidine rings is 1. The fourth-order valence-corrected chi connectivity index (χ4v) is 3.23. The minimum atomic E-state index is -0.734. The van der Waals surface area contributed by atoms with E-state index in [-0.39, 0.29) is 30.1 Å². The summed E-state index contributed by atoms with van der Waals surface area (Å²) in [7, 11) is 0. The Morgan fingerprint density at radius 3 is 2.73 bits per heavy atom. The number of phenols is 1. The van der Waals surface area contributed by atoms with Gasteiger partial charge in [0.2, 0.25) is 11.8 Å². The van der Waals surface area contributed by atoms with Crippen LogP contribution in [0.15, 0.2) is 30.3 Å². The lowest BCUT2D eigenvalue weighted by Crippen LogP contribution is -2.53. The van der Waals surface area contributed by atoms with Gasteiger partial charge in [-0.1, -0.05) is 18.2 Å². The van der Waals surface area contributed by atoms with E-state index in [0.717, 1.165) is 5.39 Å². The van der Waals surface area contributed by atoms with Gasteiger partial charge in [-0.25, -0.2) is 0 Å². The molecular weight excluding hydrogens is 284 g/mol. The summed E-state index contributed by atoms with van der Waals surface area (Å²) >= 11 is 0. The van der Waals surface area contributed by atoms with E-state index in [1.807, 2.05) is 6.07 Å². The molecule has 2 heterocycles. The minimum absolute atomic E-state index is 0.0975. The molecule has 22 heavy (non-hydrogen) atoms. The van der Waals surface area contributed by atoms with Gasteiger partial charge in [0.1, 0.15) is 11.8 Å². The van der Waals surface area contributed by atoms with Crippen molar-refractivity contribution in [2.45, 2.75) is 18.9 Å². The first-order valence-corrected chi connectivity index (χ1v) is 7.00. The molecule has 1 atom stereocenters. The van der Waals surface area contributed by atoms with Crippen molar-refractivity contribution in [1.82, 2.24) is 5.32 Å². The van der Waals surface area contributed by atoms with E-state index in [1.54, 1.807) is 18.2 Å². The number of anilines is 1. The molecule has 6 nitrogen and oxygen atoms in total. The zero-order valence-corrected chi connectivity index (χ0v) is 11.5. The summed E-state index contributed by atoms with van der Waals surface area (Å²) in [6.07, 6.45) is 0.472. The molecule has 2 N–H and O–H groups in total. The predicted octanol–water partition coefficient (Wildman–Crippen LogP) is 1.31. The van der Waals surface area contributed by atoms with Crippen molar-refractivity contribution >= 4 is 34.2 Å². The lowest BCUT2D eigenvalue weighted by Gasteiger charge is -2.30. The maximum Gasteiger partial charge on any atom is 0.263 e. The molecule has 3 amide bonds. The summed E-state index contributed by atoms with van der Waals surface area (Å²) in [5.41, 5.74) is 0.820. The van der Waals surface area contributed by atoms with Gasteiger partial charge < -0.3 is 5.11 Å². The van der Waals surface area contributed by atoms with Crippen molar-refractivity contribution in [1.29, 1.82) is 0 Å². The van der Waals surface area contributed by atoms with Crippen molar-refractivity contribution in [3.63, 3.8) is 0 Å². The van der Waals surface area contributed by atoms with Crippen LogP contribution in [0.25, 0.3) is 10.8 Å². The average Bonchev–Trinajstić information content (AvgIpc) is 2.78. The fourth-order valence-electron chi connectivity index (χ4n) is 3.23. The van der Waals surface area contributed by atoms with E-state index < -0.39 is 17.9 Å². The second kappa shape index (κ2) is 4.30. The van der Waals surface area contributed by atoms with Crippen LogP contribution < -0.4 is 10.2 Å². The summed E-state index contributed by atoms with van der Waals surface area (Å²) in [4.78, 5) is 37.5. The molecule has 0 bridgehead atoms. The third kappa shape index (κ3) is 1.57. The molecule has 2 aliphatic rings. The molecule has 0 radical (unpaired) electrons. The molecule has 110 valence electrons. The zero-order valence-electron chi connectivity index (χ0n) is 11.5. The lowest BCUT2D eigenvalue weighted by atomic mass is 10.0. The van der Waals surface area contributed by atoms with Gasteiger partial charge in [-0.05, 0) is 23.9 Å². The number of hydrogen-bond donors (Lipinski definition) is 2. The maximum absolute atomic E-state index is 12.7. The van der Waals surface area contributed by atoms with Crippen LogP contribution in [0.2, 0.25) is 0 Å². The van der Waals surface area contributed by atoms with E-state index in [9.17, 15) is 19.5 Å². The molecule has 0 spiro atoms. The molecule has 0 saturated carbocycles. The van der Waals surface area contributed by atoms with Crippen molar-refractivity contribution in [3.05, 3.63) is 35.9 Å². The van der Waals surface area contributed by atoms with Gasteiger partial charge in [-0.15, -0.1) is 0 Å². The van der Waals surface area contributed by atoms with Gasteiger partial charge in [0.05, 0.1) is 11.3 Å². The van der Waals surface area contributed by atoms with Gasteiger partial charge >= 0.3 is 0 Å². The largest absolute Gasteiger partial charge is 0.507 e. The first kappa shape index (κ1) is 12.8. The molecule has 0 aromatic heterocycles. The van der Waals surface area contributed by atoms with Crippen molar-refractivity contribution in [2.75, 3.05) is 4.90 Å². The number of carbonyl (C=O) groups excluding carboxylic acids is 3. The van der Waals surface area contributed by atoms with Crippen LogP contribution in [0.4, 0.5) is 5.69 Å². The van der Waals surface area contributed by atoms with Crippen LogP contribution in [-0.2, 0) is 9.59 Å². The van der Waals surface area contributed by atoms with E-state index in [0.29, 0.717) is 11.1 Å². The minimum Gasteiger partial charge on any atom is -0.507 e. The summed E-state index contributed by atoms with van der Waals surface area (Å²) < 4.78 is 0. The third-order valence-electron chi connectivity index (χ3n) is 4.22. The number of amides is 3. The highest BCUT2D eigenvalue weighted by molar-refractivity contribution is 6.28. The third-order valence-corrected chi connectivity index (χ3v) is 4.22. The summed E-state index contributed by atoms with van der Waals surface area (Å²) in [6, 6.07) is 7.88. The Labute approximate surface area is 125 Å². The summed E-state index contributed by atoms with van der Waals surface area (Å²) in [5.74, 6) is -1.31. The quantitative estimate of drug-likeness (QED) is 0.777. The number of nitrogens with one attached hydrogen (secondary N) is 1. The Kier molecular flexibility index (Phi) is 2.51. The molecule has 6 heteroatoms. The molecule has 1 saturated heterocycles. The number of phenolic OH excluding ortho intramolecular Hbond substituents is 1. The second-order valence-electron chi connectivity index (χ2n) is 5.48. The Morgan fingerprint density at radius 1 is 1.14 bits per heavy atom. The van der Waals surface area contributed by atoms with Crippen LogP contribution in [0, 0.1) is 0 Å². The van der Waals surface area contributed by atoms with E-state index in [2.05, 4.69) is 5.32 Å². The second-order valence-corrected chi connectivity index (χ2v) is 5.48. The van der Waals surface area contributed by atoms with Gasteiger partial charge in [0.25, 0.3) is 5.91 Å². The van der Waals surface area contributed by atoms with Crippen LogP contribution >= 0.6 is 0 Å². The fraction of sp³-hybridized carbons (Fsp3) is 0.188. The van der Waals surface area contributed by atoms with E-state index in [1.165, 1.54) is 11.0 Å². The summed E-state index contributed by atoms with van der Waals surface area (Å²) in [5, 5.41) is 13.8. The van der Waals surface area contributed by atoms with Crippen LogP contribution in [0.5, 0.6) is 5.75 Å². The van der Waals surface area contributed by atoms with Gasteiger partial charge in [-0.2, -0.15) is 0 Å². The Balaban J connectivity index is 1.89. The number of imide groups is 1. The Bertz CT molecular complexity index is 859. The number of carbonyl (C=O) groups is 3. The number of aromatic hydroxyl groups is 1. The number of nitrogens with zero attached hydrogens (tertiary/aromatic N) is 1. The highest BCUT2D eigenvalue weighted by Gasteiger charge is 2.41. The predicted molar refractivity (Wildman–Crippen MR) is 78.6 cm³/mol. The zero-order chi connectivity index (χ0) is 15.4. The number of rotatable bonds is 1. The average molecular weight is 296 g/mol. The molecular formula is C16H12N2O4. The van der Waals surface area contributed by atoms with Crippen molar-refractivity contribution in [2.24, 2.45) is 0 Å². The Morgan fingerprint density at radius 2 is 1.95 bits per heavy atom. The molecule has 1 unspecified atom stereocenters. The first-order chi connectivity index (χ1) is 10.6. The van der Waals surface area contributed by atoms with Gasteiger partial charge in [0, 0.05) is 11.8 Å². The lowest BCUT2D eigenvalue weighted by molar-refractivity contribution is -0.134. The van der Waals surface area contributed by atoms with Crippen molar-refractivity contribution < 1.29 is 19.5 Å². The van der Waals surface area contributed by atoms with Gasteiger partial charge in [-0.3, -0.25) is 24.6 Å². The van der Waals surface area contributed by atoms with E-state index in [4.69, 9.17) is 0 Å². The monoisotopic (exact) mass is 296 g/mol. The molecule has 4 rings (SSSR count). The van der Waals surface area contributed by atoms with Crippen LogP contribution in [0.3, 0.4) is 0 Å². The number of benzene rings is 2. The standard InChI is InChI=1S/C16H12N2O4/c19-11-6-4-8-2-1-3-9-13(8)14(11)16(22)18(9)10-5-7-12(20)17-15(10)21/h1-4,6,10,19H,5,7H2,(H,17,20,21). The van der Waals surface area contributed by atoms with E-state index >= 15 is 0 Å². The molecule has 2 aromatic rings. The van der Waals surface area contributed by atoms with Crippen LogP contribution in [0.1, 0.15) is 23.2 Å². The van der Waals surface area contributed by atoms with Crippen molar-refractivity contribution in [3.8, 4) is 5.75 Å². The highest BCUT2D eigenvalue weighted by Crippen LogP contribution is 2.43. The molecule has 2 aromatic carbocycles.